The van der Waals surface area contributed by atoms with Crippen LogP contribution in [0.5, 0.6) is 0 Å². The second kappa shape index (κ2) is 6.78. The van der Waals surface area contributed by atoms with Gasteiger partial charge < -0.3 is 20.3 Å². The Kier molecular flexibility index (Phi) is 5.19. The van der Waals surface area contributed by atoms with Crippen molar-refractivity contribution in [2.24, 2.45) is 0 Å². The average Bonchev–Trinajstić information content (AvgIpc) is 2.47. The first-order valence-corrected chi connectivity index (χ1v) is 8.29. The molecule has 1 fully saturated rings. The zero-order chi connectivity index (χ0) is 17.2. The molecule has 2 N–H and O–H groups in total. The maximum atomic E-state index is 12.6. The summed E-state index contributed by atoms with van der Waals surface area (Å²) in [5.41, 5.74) is 6.32. The second-order valence-corrected chi connectivity index (χ2v) is 7.35. The highest BCUT2D eigenvalue weighted by Crippen LogP contribution is 2.22. The van der Waals surface area contributed by atoms with Crippen molar-refractivity contribution in [3.8, 4) is 0 Å². The van der Waals surface area contributed by atoms with Gasteiger partial charge in [-0.1, -0.05) is 0 Å². The third-order valence-corrected chi connectivity index (χ3v) is 4.13. The van der Waals surface area contributed by atoms with Crippen LogP contribution in [0.2, 0.25) is 0 Å². The van der Waals surface area contributed by atoms with Crippen molar-refractivity contribution in [2.45, 2.75) is 26.4 Å². The molecule has 2 rings (SSSR count). The number of carbonyl (C=O) groups excluding carboxylic acids is 2. The minimum atomic E-state index is -0.517. The van der Waals surface area contributed by atoms with Gasteiger partial charge in [0.05, 0.1) is 5.56 Å². The van der Waals surface area contributed by atoms with Crippen molar-refractivity contribution in [1.82, 2.24) is 9.80 Å². The monoisotopic (exact) mass is 383 g/mol. The number of ether oxygens (including phenoxy) is 1. The number of nitrogens with two attached hydrogens (primary N) is 1. The number of halogens is 1. The van der Waals surface area contributed by atoms with Crippen LogP contribution in [-0.4, -0.2) is 53.6 Å². The van der Waals surface area contributed by atoms with Crippen molar-refractivity contribution in [1.29, 1.82) is 0 Å². The summed E-state index contributed by atoms with van der Waals surface area (Å²) in [6.07, 6.45) is -0.338. The molecule has 0 aromatic heterocycles. The van der Waals surface area contributed by atoms with Crippen LogP contribution in [0.1, 0.15) is 31.1 Å². The van der Waals surface area contributed by atoms with Crippen LogP contribution in [0.3, 0.4) is 0 Å². The van der Waals surface area contributed by atoms with Crippen molar-refractivity contribution in [2.75, 3.05) is 31.9 Å². The molecule has 1 saturated heterocycles. The van der Waals surface area contributed by atoms with Gasteiger partial charge >= 0.3 is 6.09 Å². The van der Waals surface area contributed by atoms with Crippen LogP contribution >= 0.6 is 15.9 Å². The van der Waals surface area contributed by atoms with Crippen molar-refractivity contribution >= 4 is 33.6 Å². The van der Waals surface area contributed by atoms with Gasteiger partial charge in [-0.2, -0.15) is 0 Å². The molecule has 1 aliphatic rings. The van der Waals surface area contributed by atoms with Gasteiger partial charge in [-0.25, -0.2) is 4.79 Å². The summed E-state index contributed by atoms with van der Waals surface area (Å²) in [7, 11) is 0. The van der Waals surface area contributed by atoms with Gasteiger partial charge in [0.15, 0.2) is 0 Å². The zero-order valence-corrected chi connectivity index (χ0v) is 15.2. The Hall–Kier alpha value is -1.76. The number of benzene rings is 1. The van der Waals surface area contributed by atoms with E-state index in [0.717, 1.165) is 0 Å². The van der Waals surface area contributed by atoms with E-state index >= 15 is 0 Å². The fourth-order valence-electron chi connectivity index (χ4n) is 2.30. The Morgan fingerprint density at radius 1 is 1.13 bits per heavy atom. The van der Waals surface area contributed by atoms with E-state index in [1.807, 2.05) is 20.8 Å². The molecule has 1 heterocycles. The lowest BCUT2D eigenvalue weighted by Crippen LogP contribution is -2.51. The third-order valence-electron chi connectivity index (χ3n) is 3.44. The summed E-state index contributed by atoms with van der Waals surface area (Å²) in [5.74, 6) is -0.0898. The zero-order valence-electron chi connectivity index (χ0n) is 13.6. The molecule has 7 heteroatoms. The molecule has 23 heavy (non-hydrogen) atoms. The molecule has 0 radical (unpaired) electrons. The first-order valence-electron chi connectivity index (χ1n) is 7.49. The highest BCUT2D eigenvalue weighted by atomic mass is 79.9. The molecule has 0 saturated carbocycles. The molecule has 0 bridgehead atoms. The highest BCUT2D eigenvalue weighted by Gasteiger charge is 2.28. The lowest BCUT2D eigenvalue weighted by atomic mass is 10.1. The van der Waals surface area contributed by atoms with E-state index in [1.54, 1.807) is 28.0 Å². The van der Waals surface area contributed by atoms with E-state index in [-0.39, 0.29) is 12.0 Å². The standard InChI is InChI=1S/C16H22BrN3O3/c1-16(2,3)23-15(22)20-8-6-19(7-9-20)14(21)12-10-11(18)4-5-13(12)17/h4-5,10H,6-9,18H2,1-3H3. The van der Waals surface area contributed by atoms with Crippen LogP contribution in [0.15, 0.2) is 22.7 Å². The number of anilines is 1. The normalized spacial score (nSPS) is 15.5. The van der Waals surface area contributed by atoms with Gasteiger partial charge in [0.1, 0.15) is 5.60 Å². The van der Waals surface area contributed by atoms with E-state index in [1.165, 1.54) is 0 Å². The van der Waals surface area contributed by atoms with E-state index < -0.39 is 5.60 Å². The smallest absolute Gasteiger partial charge is 0.410 e. The van der Waals surface area contributed by atoms with Crippen LogP contribution in [0.25, 0.3) is 0 Å². The van der Waals surface area contributed by atoms with Crippen LogP contribution in [0.4, 0.5) is 10.5 Å². The number of nitrogen functional groups attached to an aromatic ring is 1. The van der Waals surface area contributed by atoms with E-state index in [2.05, 4.69) is 15.9 Å². The first kappa shape index (κ1) is 17.6. The summed E-state index contributed by atoms with van der Waals surface area (Å²) in [6.45, 7) is 7.37. The molecule has 0 atom stereocenters. The number of rotatable bonds is 1. The van der Waals surface area contributed by atoms with Gasteiger partial charge in [-0.15, -0.1) is 0 Å². The molecular weight excluding hydrogens is 362 g/mol. The largest absolute Gasteiger partial charge is 0.444 e. The lowest BCUT2D eigenvalue weighted by Gasteiger charge is -2.35. The number of piperazine rings is 1. The summed E-state index contributed by atoms with van der Waals surface area (Å²) in [6, 6.07) is 5.16. The summed E-state index contributed by atoms with van der Waals surface area (Å²) in [4.78, 5) is 28.0. The van der Waals surface area contributed by atoms with Crippen molar-refractivity contribution < 1.29 is 14.3 Å². The topological polar surface area (TPSA) is 75.9 Å². The molecule has 6 nitrogen and oxygen atoms in total. The molecule has 0 spiro atoms. The van der Waals surface area contributed by atoms with E-state index in [0.29, 0.717) is 41.9 Å². The Balaban J connectivity index is 1.97. The highest BCUT2D eigenvalue weighted by molar-refractivity contribution is 9.10. The SMILES string of the molecule is CC(C)(C)OC(=O)N1CCN(C(=O)c2cc(N)ccc2Br)CC1. The molecule has 1 aromatic rings. The fourth-order valence-corrected chi connectivity index (χ4v) is 2.71. The summed E-state index contributed by atoms with van der Waals surface area (Å²) < 4.78 is 6.07. The van der Waals surface area contributed by atoms with Crippen LogP contribution in [-0.2, 0) is 4.74 Å². The Bertz CT molecular complexity index is 605. The van der Waals surface area contributed by atoms with Crippen LogP contribution in [0, 0.1) is 0 Å². The van der Waals surface area contributed by atoms with E-state index in [9.17, 15) is 9.59 Å². The van der Waals surface area contributed by atoms with Gasteiger partial charge in [-0.3, -0.25) is 4.79 Å². The number of amides is 2. The second-order valence-electron chi connectivity index (χ2n) is 6.50. The number of hydrogen-bond donors (Lipinski definition) is 1. The fraction of sp³-hybridized carbons (Fsp3) is 0.500. The molecular formula is C16H22BrN3O3. The predicted octanol–water partition coefficient (Wildman–Crippen LogP) is 2.72. The summed E-state index contributed by atoms with van der Waals surface area (Å²) >= 11 is 3.38. The van der Waals surface area contributed by atoms with Gasteiger partial charge in [0.25, 0.3) is 5.91 Å². The molecule has 2 amide bonds. The number of nitrogens with zero attached hydrogens (tertiary/aromatic N) is 2. The lowest BCUT2D eigenvalue weighted by molar-refractivity contribution is 0.0141. The molecule has 0 unspecified atom stereocenters. The summed E-state index contributed by atoms with van der Waals surface area (Å²) in [5, 5.41) is 0. The van der Waals surface area contributed by atoms with Crippen LogP contribution < -0.4 is 5.73 Å². The Labute approximate surface area is 144 Å². The molecule has 1 aliphatic heterocycles. The minimum Gasteiger partial charge on any atom is -0.444 e. The Morgan fingerprint density at radius 3 is 2.26 bits per heavy atom. The van der Waals surface area contributed by atoms with Crippen molar-refractivity contribution in [3.05, 3.63) is 28.2 Å². The van der Waals surface area contributed by atoms with E-state index in [4.69, 9.17) is 10.5 Å². The molecule has 1 aromatic carbocycles. The van der Waals surface area contributed by atoms with Gasteiger partial charge in [0.2, 0.25) is 0 Å². The van der Waals surface area contributed by atoms with Crippen molar-refractivity contribution in [3.63, 3.8) is 0 Å². The quantitative estimate of drug-likeness (QED) is 0.756. The molecule has 126 valence electrons. The van der Waals surface area contributed by atoms with Gasteiger partial charge in [0, 0.05) is 36.3 Å². The maximum absolute atomic E-state index is 12.6. The Morgan fingerprint density at radius 2 is 1.70 bits per heavy atom. The third kappa shape index (κ3) is 4.60. The minimum absolute atomic E-state index is 0.0898. The molecule has 0 aliphatic carbocycles. The maximum Gasteiger partial charge on any atom is 0.410 e. The predicted molar refractivity (Wildman–Crippen MR) is 92.3 cm³/mol. The first-order chi connectivity index (χ1) is 10.7. The van der Waals surface area contributed by atoms with Gasteiger partial charge in [-0.05, 0) is 54.9 Å². The number of hydrogen-bond acceptors (Lipinski definition) is 4. The average molecular weight is 384 g/mol. The number of carbonyl (C=O) groups is 2.